The Balaban J connectivity index is 1.80. The first-order valence-electron chi connectivity index (χ1n) is 8.03. The predicted molar refractivity (Wildman–Crippen MR) is 90.0 cm³/mol. The molecule has 5 nitrogen and oxygen atoms in total. The third-order valence-corrected chi connectivity index (χ3v) is 7.64. The highest BCUT2D eigenvalue weighted by Gasteiger charge is 2.64. The number of ether oxygens (including phenoxy) is 1. The molecule has 2 aliphatic carbocycles. The summed E-state index contributed by atoms with van der Waals surface area (Å²) in [5, 5.41) is 10.5. The Morgan fingerprint density at radius 3 is 2.43 bits per heavy atom. The van der Waals surface area contributed by atoms with Gasteiger partial charge in [-0.05, 0) is 54.9 Å². The zero-order valence-corrected chi connectivity index (χ0v) is 14.7. The summed E-state index contributed by atoms with van der Waals surface area (Å²) >= 11 is 0. The van der Waals surface area contributed by atoms with E-state index in [1.54, 1.807) is 31.4 Å². The number of hydrogen-bond acceptors (Lipinski definition) is 4. The summed E-state index contributed by atoms with van der Waals surface area (Å²) in [6.45, 7) is 4.20. The van der Waals surface area contributed by atoms with Crippen molar-refractivity contribution in [1.82, 2.24) is 0 Å². The lowest BCUT2D eigenvalue weighted by Gasteiger charge is -2.40. The molecular formula is C17H25NO4S. The van der Waals surface area contributed by atoms with E-state index in [1.165, 1.54) is 0 Å². The molecule has 1 aromatic carbocycles. The molecule has 2 saturated carbocycles. The van der Waals surface area contributed by atoms with Gasteiger partial charge >= 0.3 is 0 Å². The Morgan fingerprint density at radius 1 is 1.30 bits per heavy atom. The topological polar surface area (TPSA) is 75.6 Å². The first kappa shape index (κ1) is 16.6. The van der Waals surface area contributed by atoms with E-state index in [0.717, 1.165) is 12.8 Å². The highest BCUT2D eigenvalue weighted by atomic mass is 32.2. The maximum Gasteiger partial charge on any atom is 0.233 e. The summed E-state index contributed by atoms with van der Waals surface area (Å²) in [5.74, 6) is 1.06. The molecule has 2 bridgehead atoms. The Morgan fingerprint density at radius 2 is 1.96 bits per heavy atom. The Bertz CT molecular complexity index is 683. The van der Waals surface area contributed by atoms with Crippen LogP contribution in [0.3, 0.4) is 0 Å². The Kier molecular flexibility index (Phi) is 3.88. The molecule has 0 amide bonds. The molecule has 1 aromatic rings. The van der Waals surface area contributed by atoms with Crippen LogP contribution in [-0.4, -0.2) is 32.5 Å². The monoisotopic (exact) mass is 339 g/mol. The van der Waals surface area contributed by atoms with Crippen LogP contribution in [0.4, 0.5) is 5.69 Å². The largest absolute Gasteiger partial charge is 0.497 e. The first-order valence-corrected chi connectivity index (χ1v) is 9.68. The van der Waals surface area contributed by atoms with Gasteiger partial charge in [-0.1, -0.05) is 13.8 Å². The SMILES string of the molecule is COc1ccc(NS(=O)(=O)C[C@]23CC[C@H](C[C@@H]2O)C3(C)C)cc1. The van der Waals surface area contributed by atoms with Crippen molar-refractivity contribution >= 4 is 15.7 Å². The van der Waals surface area contributed by atoms with Crippen LogP contribution in [0.25, 0.3) is 0 Å². The average molecular weight is 339 g/mol. The van der Waals surface area contributed by atoms with Crippen molar-refractivity contribution in [2.24, 2.45) is 16.7 Å². The number of rotatable bonds is 5. The standard InChI is InChI=1S/C17H25NO4S/c1-16(2)12-8-9-17(16,15(19)10-12)11-23(20,21)18-13-4-6-14(22-3)7-5-13/h4-7,12,15,18-19H,8-11H2,1-3H3/t12-,15+,17-/m1/s1. The van der Waals surface area contributed by atoms with Gasteiger partial charge in [-0.2, -0.15) is 0 Å². The molecule has 0 saturated heterocycles. The van der Waals surface area contributed by atoms with E-state index in [-0.39, 0.29) is 11.2 Å². The summed E-state index contributed by atoms with van der Waals surface area (Å²) in [4.78, 5) is 0. The second-order valence-corrected chi connectivity index (χ2v) is 9.18. The van der Waals surface area contributed by atoms with Crippen LogP contribution in [-0.2, 0) is 10.0 Å². The molecule has 3 rings (SSSR count). The van der Waals surface area contributed by atoms with Gasteiger partial charge in [0.15, 0.2) is 0 Å². The molecule has 6 heteroatoms. The minimum absolute atomic E-state index is 0.0311. The molecular weight excluding hydrogens is 314 g/mol. The first-order chi connectivity index (χ1) is 10.7. The molecule has 0 aromatic heterocycles. The molecule has 0 spiro atoms. The molecule has 0 radical (unpaired) electrons. The molecule has 2 N–H and O–H groups in total. The van der Waals surface area contributed by atoms with E-state index in [0.29, 0.717) is 23.8 Å². The number of nitrogens with one attached hydrogen (secondary N) is 1. The zero-order chi connectivity index (χ0) is 16.9. The van der Waals surface area contributed by atoms with E-state index in [1.807, 2.05) is 0 Å². The fraction of sp³-hybridized carbons (Fsp3) is 0.647. The molecule has 23 heavy (non-hydrogen) atoms. The molecule has 0 heterocycles. The normalized spacial score (nSPS) is 32.0. The van der Waals surface area contributed by atoms with Gasteiger partial charge in [0.1, 0.15) is 5.75 Å². The van der Waals surface area contributed by atoms with Crippen LogP contribution < -0.4 is 9.46 Å². The highest BCUT2D eigenvalue weighted by molar-refractivity contribution is 7.92. The molecule has 2 fully saturated rings. The van der Waals surface area contributed by atoms with Gasteiger partial charge in [-0.3, -0.25) is 4.72 Å². The molecule has 0 aliphatic heterocycles. The number of hydrogen-bond donors (Lipinski definition) is 2. The molecule has 3 atom stereocenters. The third kappa shape index (κ3) is 2.62. The zero-order valence-electron chi connectivity index (χ0n) is 13.9. The number of benzene rings is 1. The van der Waals surface area contributed by atoms with E-state index < -0.39 is 21.5 Å². The van der Waals surface area contributed by atoms with Crippen molar-refractivity contribution in [3.63, 3.8) is 0 Å². The van der Waals surface area contributed by atoms with Crippen LogP contribution in [0.2, 0.25) is 0 Å². The lowest BCUT2D eigenvalue weighted by molar-refractivity contribution is 0.0154. The van der Waals surface area contributed by atoms with Gasteiger partial charge in [0.2, 0.25) is 10.0 Å². The van der Waals surface area contributed by atoms with Crippen molar-refractivity contribution < 1.29 is 18.3 Å². The Labute approximate surface area is 138 Å². The maximum absolute atomic E-state index is 12.7. The van der Waals surface area contributed by atoms with Gasteiger partial charge in [0.25, 0.3) is 0 Å². The fourth-order valence-corrected chi connectivity index (χ4v) is 6.55. The summed E-state index contributed by atoms with van der Waals surface area (Å²) in [7, 11) is -1.97. The summed E-state index contributed by atoms with van der Waals surface area (Å²) in [6.07, 6.45) is 1.95. The lowest BCUT2D eigenvalue weighted by Crippen LogP contribution is -2.45. The van der Waals surface area contributed by atoms with Crippen molar-refractivity contribution in [3.8, 4) is 5.75 Å². The number of anilines is 1. The maximum atomic E-state index is 12.7. The average Bonchev–Trinajstić information content (AvgIpc) is 2.81. The van der Waals surface area contributed by atoms with Gasteiger partial charge in [-0.15, -0.1) is 0 Å². The van der Waals surface area contributed by atoms with Crippen LogP contribution in [0.5, 0.6) is 5.75 Å². The predicted octanol–water partition coefficient (Wildman–Crippen LogP) is 2.62. The van der Waals surface area contributed by atoms with Crippen molar-refractivity contribution in [3.05, 3.63) is 24.3 Å². The lowest BCUT2D eigenvalue weighted by atomic mass is 9.70. The Hall–Kier alpha value is -1.27. The summed E-state index contributed by atoms with van der Waals surface area (Å²) in [5.41, 5.74) is -0.182. The van der Waals surface area contributed by atoms with Gasteiger partial charge in [0.05, 0.1) is 19.0 Å². The fourth-order valence-electron chi connectivity index (χ4n) is 4.59. The molecule has 0 unspecified atom stereocenters. The van der Waals surface area contributed by atoms with E-state index >= 15 is 0 Å². The highest BCUT2D eigenvalue weighted by Crippen LogP contribution is 2.66. The number of methoxy groups -OCH3 is 1. The quantitative estimate of drug-likeness (QED) is 0.865. The van der Waals surface area contributed by atoms with Crippen LogP contribution >= 0.6 is 0 Å². The number of aliphatic hydroxyl groups is 1. The van der Waals surface area contributed by atoms with Gasteiger partial charge in [-0.25, -0.2) is 8.42 Å². The second-order valence-electron chi connectivity index (χ2n) is 7.45. The van der Waals surface area contributed by atoms with Crippen LogP contribution in [0.15, 0.2) is 24.3 Å². The van der Waals surface area contributed by atoms with Crippen molar-refractivity contribution in [1.29, 1.82) is 0 Å². The van der Waals surface area contributed by atoms with E-state index in [9.17, 15) is 13.5 Å². The number of fused-ring (bicyclic) bond motifs is 2. The van der Waals surface area contributed by atoms with E-state index in [4.69, 9.17) is 4.74 Å². The van der Waals surface area contributed by atoms with Crippen LogP contribution in [0.1, 0.15) is 33.1 Å². The third-order valence-electron chi connectivity index (χ3n) is 6.20. The van der Waals surface area contributed by atoms with Crippen molar-refractivity contribution in [2.45, 2.75) is 39.2 Å². The van der Waals surface area contributed by atoms with E-state index in [2.05, 4.69) is 18.6 Å². The van der Waals surface area contributed by atoms with Gasteiger partial charge < -0.3 is 9.84 Å². The minimum atomic E-state index is -3.54. The summed E-state index contributed by atoms with van der Waals surface area (Å²) in [6, 6.07) is 6.80. The smallest absolute Gasteiger partial charge is 0.233 e. The molecule has 128 valence electrons. The van der Waals surface area contributed by atoms with Crippen LogP contribution in [0, 0.1) is 16.7 Å². The summed E-state index contributed by atoms with van der Waals surface area (Å²) < 4.78 is 33.1. The number of sulfonamides is 1. The minimum Gasteiger partial charge on any atom is -0.497 e. The number of aliphatic hydroxyl groups excluding tert-OH is 1. The second kappa shape index (κ2) is 5.38. The molecule has 2 aliphatic rings. The van der Waals surface area contributed by atoms with Gasteiger partial charge in [0, 0.05) is 11.1 Å². The van der Waals surface area contributed by atoms with Crippen molar-refractivity contribution in [2.75, 3.05) is 17.6 Å².